The molecule has 0 amide bonds. The molecule has 0 saturated carbocycles. The van der Waals surface area contributed by atoms with Gasteiger partial charge in [0.2, 0.25) is 0 Å². The van der Waals surface area contributed by atoms with Crippen LogP contribution in [0.1, 0.15) is 11.1 Å². The molecule has 100 valence electrons. The van der Waals surface area contributed by atoms with Crippen molar-refractivity contribution < 1.29 is 9.53 Å². The Morgan fingerprint density at radius 2 is 1.94 bits per heavy atom. The molecule has 0 aromatic heterocycles. The van der Waals surface area contributed by atoms with Gasteiger partial charge < -0.3 is 15.0 Å². The largest absolute Gasteiger partial charge is 0.469 e. The highest BCUT2D eigenvalue weighted by Gasteiger charge is 2.07. The lowest BCUT2D eigenvalue weighted by atomic mass is 10.0. The summed E-state index contributed by atoms with van der Waals surface area (Å²) in [7, 11) is 5.51. The number of hydrogen-bond donors (Lipinski definition) is 1. The van der Waals surface area contributed by atoms with Crippen LogP contribution >= 0.6 is 0 Å². The molecule has 0 atom stereocenters. The lowest BCUT2D eigenvalue weighted by Gasteiger charge is -2.12. The van der Waals surface area contributed by atoms with Crippen molar-refractivity contribution in [3.05, 3.63) is 35.4 Å². The molecular formula is C14H22N2O2. The van der Waals surface area contributed by atoms with Crippen molar-refractivity contribution in [2.75, 3.05) is 34.3 Å². The molecule has 0 fully saturated rings. The molecule has 0 bridgehead atoms. The lowest BCUT2D eigenvalue weighted by Crippen LogP contribution is -2.26. The van der Waals surface area contributed by atoms with Gasteiger partial charge in [-0.3, -0.25) is 4.79 Å². The monoisotopic (exact) mass is 250 g/mol. The van der Waals surface area contributed by atoms with Gasteiger partial charge in [0.05, 0.1) is 13.5 Å². The number of benzene rings is 1. The Kier molecular flexibility index (Phi) is 6.39. The minimum absolute atomic E-state index is 0.198. The van der Waals surface area contributed by atoms with E-state index >= 15 is 0 Å². The summed E-state index contributed by atoms with van der Waals surface area (Å²) in [4.78, 5) is 13.4. The number of carbonyl (C=O) groups is 1. The molecule has 0 aliphatic heterocycles. The van der Waals surface area contributed by atoms with E-state index in [2.05, 4.69) is 10.2 Å². The number of likely N-dealkylation sites (N-methyl/N-ethyl adjacent to an activating group) is 1. The highest BCUT2D eigenvalue weighted by molar-refractivity contribution is 5.72. The Bertz CT molecular complexity index is 378. The van der Waals surface area contributed by atoms with Gasteiger partial charge >= 0.3 is 5.97 Å². The summed E-state index contributed by atoms with van der Waals surface area (Å²) in [6, 6.07) is 7.95. The van der Waals surface area contributed by atoms with Crippen molar-refractivity contribution in [2.45, 2.75) is 13.0 Å². The van der Waals surface area contributed by atoms with Gasteiger partial charge in [0.15, 0.2) is 0 Å². The normalized spacial score (nSPS) is 10.7. The van der Waals surface area contributed by atoms with E-state index in [0.29, 0.717) is 6.42 Å². The Labute approximate surface area is 109 Å². The first-order chi connectivity index (χ1) is 8.63. The van der Waals surface area contributed by atoms with Crippen LogP contribution in [0.2, 0.25) is 0 Å². The summed E-state index contributed by atoms with van der Waals surface area (Å²) < 4.78 is 4.70. The number of ether oxygens (including phenoxy) is 1. The van der Waals surface area contributed by atoms with Gasteiger partial charge in [-0.25, -0.2) is 0 Å². The molecule has 0 saturated heterocycles. The number of carbonyl (C=O) groups excluding carboxylic acids is 1. The molecule has 0 aliphatic rings. The molecule has 0 heterocycles. The summed E-state index contributed by atoms with van der Waals surface area (Å²) in [5, 5.41) is 3.37. The SMILES string of the molecule is COC(=O)Cc1ccccc1CNCCN(C)C. The minimum atomic E-state index is -0.198. The number of nitrogens with one attached hydrogen (secondary N) is 1. The van der Waals surface area contributed by atoms with E-state index in [0.717, 1.165) is 30.8 Å². The molecule has 4 nitrogen and oxygen atoms in total. The molecule has 1 aromatic rings. The molecule has 0 unspecified atom stereocenters. The number of rotatable bonds is 7. The van der Waals surface area contributed by atoms with Gasteiger partial charge in [-0.2, -0.15) is 0 Å². The van der Waals surface area contributed by atoms with Crippen LogP contribution in [0.5, 0.6) is 0 Å². The average molecular weight is 250 g/mol. The third-order valence-corrected chi connectivity index (χ3v) is 2.73. The first kappa shape index (κ1) is 14.7. The average Bonchev–Trinajstić information content (AvgIpc) is 2.36. The maximum Gasteiger partial charge on any atom is 0.309 e. The predicted octanol–water partition coefficient (Wildman–Crippen LogP) is 1.05. The number of methoxy groups -OCH3 is 1. The summed E-state index contributed by atoms with van der Waals surface area (Å²) in [6.07, 6.45) is 0.335. The van der Waals surface area contributed by atoms with Crippen molar-refractivity contribution in [1.29, 1.82) is 0 Å². The molecule has 1 N–H and O–H groups in total. The van der Waals surface area contributed by atoms with Crippen LogP contribution in [0.25, 0.3) is 0 Å². The highest BCUT2D eigenvalue weighted by Crippen LogP contribution is 2.09. The quantitative estimate of drug-likeness (QED) is 0.580. The van der Waals surface area contributed by atoms with Gasteiger partial charge in [0.1, 0.15) is 0 Å². The van der Waals surface area contributed by atoms with E-state index in [9.17, 15) is 4.79 Å². The van der Waals surface area contributed by atoms with Crippen LogP contribution in [0.15, 0.2) is 24.3 Å². The van der Waals surface area contributed by atoms with Crippen molar-refractivity contribution in [3.63, 3.8) is 0 Å². The van der Waals surface area contributed by atoms with Crippen LogP contribution < -0.4 is 5.32 Å². The molecule has 0 radical (unpaired) electrons. The smallest absolute Gasteiger partial charge is 0.309 e. The zero-order valence-electron chi connectivity index (χ0n) is 11.4. The molecule has 0 aliphatic carbocycles. The minimum Gasteiger partial charge on any atom is -0.469 e. The zero-order chi connectivity index (χ0) is 13.4. The summed E-state index contributed by atoms with van der Waals surface area (Å²) in [5.41, 5.74) is 2.18. The molecule has 0 spiro atoms. The summed E-state index contributed by atoms with van der Waals surface area (Å²) in [5.74, 6) is -0.198. The Balaban J connectivity index is 2.51. The molecule has 18 heavy (non-hydrogen) atoms. The number of nitrogens with zero attached hydrogens (tertiary/aromatic N) is 1. The second kappa shape index (κ2) is 7.84. The van der Waals surface area contributed by atoms with Crippen molar-refractivity contribution >= 4 is 5.97 Å². The summed E-state index contributed by atoms with van der Waals surface area (Å²) in [6.45, 7) is 2.71. The third kappa shape index (κ3) is 5.29. The molecule has 1 aromatic carbocycles. The highest BCUT2D eigenvalue weighted by atomic mass is 16.5. The fourth-order valence-electron chi connectivity index (χ4n) is 1.66. The van der Waals surface area contributed by atoms with Gasteiger partial charge in [-0.05, 0) is 25.2 Å². The van der Waals surface area contributed by atoms with E-state index < -0.39 is 0 Å². The fraction of sp³-hybridized carbons (Fsp3) is 0.500. The van der Waals surface area contributed by atoms with E-state index in [1.165, 1.54) is 7.11 Å². The Hall–Kier alpha value is -1.39. The van der Waals surface area contributed by atoms with Crippen molar-refractivity contribution in [3.8, 4) is 0 Å². The van der Waals surface area contributed by atoms with E-state index in [1.807, 2.05) is 38.4 Å². The standard InChI is InChI=1S/C14H22N2O2/c1-16(2)9-8-15-11-13-7-5-4-6-12(13)10-14(17)18-3/h4-7,15H,8-11H2,1-3H3. The topological polar surface area (TPSA) is 41.6 Å². The molecule has 1 rings (SSSR count). The number of esters is 1. The van der Waals surface area contributed by atoms with Gasteiger partial charge in [0.25, 0.3) is 0 Å². The van der Waals surface area contributed by atoms with Gasteiger partial charge in [-0.15, -0.1) is 0 Å². The van der Waals surface area contributed by atoms with Crippen LogP contribution in [0.4, 0.5) is 0 Å². The van der Waals surface area contributed by atoms with Crippen LogP contribution in [0.3, 0.4) is 0 Å². The zero-order valence-corrected chi connectivity index (χ0v) is 11.4. The first-order valence-electron chi connectivity index (χ1n) is 6.12. The van der Waals surface area contributed by atoms with Crippen LogP contribution in [-0.2, 0) is 22.5 Å². The maximum absolute atomic E-state index is 11.3. The lowest BCUT2D eigenvalue weighted by molar-refractivity contribution is -0.139. The Morgan fingerprint density at radius 3 is 2.56 bits per heavy atom. The number of hydrogen-bond acceptors (Lipinski definition) is 4. The maximum atomic E-state index is 11.3. The fourth-order valence-corrected chi connectivity index (χ4v) is 1.66. The van der Waals surface area contributed by atoms with Crippen LogP contribution in [-0.4, -0.2) is 45.2 Å². The molecular weight excluding hydrogens is 228 g/mol. The predicted molar refractivity (Wildman–Crippen MR) is 72.4 cm³/mol. The molecule has 4 heteroatoms. The van der Waals surface area contributed by atoms with E-state index in [-0.39, 0.29) is 5.97 Å². The van der Waals surface area contributed by atoms with Crippen molar-refractivity contribution in [1.82, 2.24) is 10.2 Å². The first-order valence-corrected chi connectivity index (χ1v) is 6.12. The van der Waals surface area contributed by atoms with Gasteiger partial charge in [-0.1, -0.05) is 24.3 Å². The second-order valence-corrected chi connectivity index (χ2v) is 4.50. The van der Waals surface area contributed by atoms with Crippen LogP contribution in [0, 0.1) is 0 Å². The summed E-state index contributed by atoms with van der Waals surface area (Å²) >= 11 is 0. The van der Waals surface area contributed by atoms with Crippen molar-refractivity contribution in [2.24, 2.45) is 0 Å². The van der Waals surface area contributed by atoms with E-state index in [4.69, 9.17) is 4.74 Å². The Morgan fingerprint density at radius 1 is 1.28 bits per heavy atom. The van der Waals surface area contributed by atoms with Gasteiger partial charge in [0, 0.05) is 19.6 Å². The second-order valence-electron chi connectivity index (χ2n) is 4.50. The van der Waals surface area contributed by atoms with E-state index in [1.54, 1.807) is 0 Å². The third-order valence-electron chi connectivity index (χ3n) is 2.73.